The van der Waals surface area contributed by atoms with Crippen LogP contribution >= 0.6 is 0 Å². The number of hydrogen-bond donors (Lipinski definition) is 1. The topological polar surface area (TPSA) is 88.3 Å². The first-order valence-electron chi connectivity index (χ1n) is 6.39. The van der Waals surface area contributed by atoms with Gasteiger partial charge in [-0.1, -0.05) is 19.9 Å². The Bertz CT molecular complexity index is 679. The summed E-state index contributed by atoms with van der Waals surface area (Å²) in [5, 5.41) is 10.2. The molecule has 3 amide bonds. The van der Waals surface area contributed by atoms with Crippen molar-refractivity contribution in [2.75, 3.05) is 0 Å². The Balaban J connectivity index is 1.83. The van der Waals surface area contributed by atoms with Crippen molar-refractivity contribution in [1.82, 2.24) is 20.5 Å². The van der Waals surface area contributed by atoms with Crippen LogP contribution in [0.3, 0.4) is 0 Å². The van der Waals surface area contributed by atoms with E-state index in [9.17, 15) is 9.59 Å². The lowest BCUT2D eigenvalue weighted by Crippen LogP contribution is -2.34. The molecule has 2 aromatic rings. The number of benzene rings is 1. The van der Waals surface area contributed by atoms with Crippen molar-refractivity contribution in [3.63, 3.8) is 0 Å². The van der Waals surface area contributed by atoms with Gasteiger partial charge in [-0.25, -0.2) is 9.42 Å². The molecule has 1 aliphatic rings. The van der Waals surface area contributed by atoms with Crippen molar-refractivity contribution >= 4 is 23.0 Å². The van der Waals surface area contributed by atoms with E-state index in [2.05, 4.69) is 20.3 Å². The monoisotopic (exact) mass is 274 g/mol. The lowest BCUT2D eigenvalue weighted by molar-refractivity contribution is -0.128. The molecule has 7 heteroatoms. The summed E-state index contributed by atoms with van der Waals surface area (Å²) < 4.78 is 4.62. The molecule has 1 N–H and O–H groups in total. The van der Waals surface area contributed by atoms with E-state index in [0.717, 1.165) is 5.56 Å². The molecule has 20 heavy (non-hydrogen) atoms. The Morgan fingerprint density at radius 1 is 1.30 bits per heavy atom. The number of hydrogen-bond acceptors (Lipinski definition) is 5. The fourth-order valence-corrected chi connectivity index (χ4v) is 2.25. The molecule has 0 bridgehead atoms. The van der Waals surface area contributed by atoms with E-state index >= 15 is 0 Å². The number of fused-ring (bicyclic) bond motifs is 1. The maximum absolute atomic E-state index is 12.2. The first-order valence-corrected chi connectivity index (χ1v) is 6.39. The highest BCUT2D eigenvalue weighted by molar-refractivity contribution is 6.04. The minimum Gasteiger partial charge on any atom is -0.326 e. The van der Waals surface area contributed by atoms with E-state index in [-0.39, 0.29) is 24.4 Å². The molecule has 3 rings (SSSR count). The fraction of sp³-hybridized carbons (Fsp3) is 0.385. The molecule has 0 spiro atoms. The van der Waals surface area contributed by atoms with Crippen LogP contribution in [0, 0.1) is 5.92 Å². The number of nitrogens with zero attached hydrogens (tertiary/aromatic N) is 3. The summed E-state index contributed by atoms with van der Waals surface area (Å²) in [5.74, 6) is -0.123. The van der Waals surface area contributed by atoms with Gasteiger partial charge in [0.05, 0.1) is 6.54 Å². The molecule has 1 fully saturated rings. The third-order valence-corrected chi connectivity index (χ3v) is 3.38. The lowest BCUT2D eigenvalue weighted by atomic mass is 10.0. The molecule has 1 aliphatic heterocycles. The summed E-state index contributed by atoms with van der Waals surface area (Å²) in [6.07, 6.45) is 0. The number of rotatable bonds is 3. The van der Waals surface area contributed by atoms with Crippen LogP contribution < -0.4 is 5.32 Å². The minimum absolute atomic E-state index is 0.0682. The Kier molecular flexibility index (Phi) is 2.89. The molecular formula is C13H14N4O3. The van der Waals surface area contributed by atoms with Gasteiger partial charge in [-0.15, -0.1) is 0 Å². The Morgan fingerprint density at radius 2 is 2.05 bits per heavy atom. The highest BCUT2D eigenvalue weighted by Crippen LogP contribution is 2.18. The third kappa shape index (κ3) is 2.01. The van der Waals surface area contributed by atoms with Crippen molar-refractivity contribution < 1.29 is 14.2 Å². The van der Waals surface area contributed by atoms with Gasteiger partial charge in [0.2, 0.25) is 0 Å². The zero-order valence-electron chi connectivity index (χ0n) is 11.2. The van der Waals surface area contributed by atoms with Crippen LogP contribution in [-0.2, 0) is 11.3 Å². The van der Waals surface area contributed by atoms with Crippen LogP contribution in [0.5, 0.6) is 0 Å². The number of nitrogens with one attached hydrogen (secondary N) is 1. The van der Waals surface area contributed by atoms with E-state index in [1.165, 1.54) is 4.90 Å². The second-order valence-corrected chi connectivity index (χ2v) is 5.18. The van der Waals surface area contributed by atoms with Crippen molar-refractivity contribution in [2.24, 2.45) is 5.92 Å². The molecule has 2 heterocycles. The summed E-state index contributed by atoms with van der Waals surface area (Å²) in [4.78, 5) is 25.3. The SMILES string of the molecule is CC(C)[C@H]1NC(=O)N(Cc2ccc3nonc3c2)C1=O. The number of carbonyl (C=O) groups excluding carboxylic acids is 2. The predicted molar refractivity (Wildman–Crippen MR) is 69.5 cm³/mol. The van der Waals surface area contributed by atoms with Crippen molar-refractivity contribution in [2.45, 2.75) is 26.4 Å². The van der Waals surface area contributed by atoms with Crippen LogP contribution in [0.2, 0.25) is 0 Å². The minimum atomic E-state index is -0.444. The van der Waals surface area contributed by atoms with Crippen molar-refractivity contribution in [3.05, 3.63) is 23.8 Å². The second kappa shape index (κ2) is 4.59. The van der Waals surface area contributed by atoms with Gasteiger partial charge in [0.1, 0.15) is 17.1 Å². The van der Waals surface area contributed by atoms with E-state index in [0.29, 0.717) is 11.0 Å². The van der Waals surface area contributed by atoms with Crippen LogP contribution in [0.25, 0.3) is 11.0 Å². The van der Waals surface area contributed by atoms with E-state index in [1.54, 1.807) is 18.2 Å². The quantitative estimate of drug-likeness (QED) is 0.852. The summed E-state index contributed by atoms with van der Waals surface area (Å²) in [6.45, 7) is 4.02. The van der Waals surface area contributed by atoms with Gasteiger partial charge in [0.15, 0.2) is 0 Å². The lowest BCUT2D eigenvalue weighted by Gasteiger charge is -2.14. The third-order valence-electron chi connectivity index (χ3n) is 3.38. The van der Waals surface area contributed by atoms with E-state index in [4.69, 9.17) is 0 Å². The zero-order chi connectivity index (χ0) is 14.3. The molecule has 7 nitrogen and oxygen atoms in total. The van der Waals surface area contributed by atoms with Gasteiger partial charge in [0.25, 0.3) is 5.91 Å². The van der Waals surface area contributed by atoms with Gasteiger partial charge in [-0.2, -0.15) is 0 Å². The summed E-state index contributed by atoms with van der Waals surface area (Å²) in [7, 11) is 0. The first-order chi connectivity index (χ1) is 9.56. The standard InChI is InChI=1S/C13H14N4O3/c1-7(2)11-12(18)17(13(19)14-11)6-8-3-4-9-10(5-8)16-20-15-9/h3-5,7,11H,6H2,1-2H3,(H,14,19)/t11-/m1/s1. The molecular weight excluding hydrogens is 260 g/mol. The molecule has 1 aromatic heterocycles. The van der Waals surface area contributed by atoms with E-state index < -0.39 is 6.04 Å². The maximum atomic E-state index is 12.2. The maximum Gasteiger partial charge on any atom is 0.325 e. The fourth-order valence-electron chi connectivity index (χ4n) is 2.25. The Labute approximate surface area is 114 Å². The van der Waals surface area contributed by atoms with Gasteiger partial charge in [-0.3, -0.25) is 9.69 Å². The molecule has 1 aromatic carbocycles. The molecule has 0 aliphatic carbocycles. The van der Waals surface area contributed by atoms with Crippen molar-refractivity contribution in [3.8, 4) is 0 Å². The van der Waals surface area contributed by atoms with Gasteiger partial charge in [0, 0.05) is 0 Å². The molecule has 1 saturated heterocycles. The number of urea groups is 1. The van der Waals surface area contributed by atoms with E-state index in [1.807, 2.05) is 13.8 Å². The highest BCUT2D eigenvalue weighted by Gasteiger charge is 2.39. The summed E-state index contributed by atoms with van der Waals surface area (Å²) in [5.41, 5.74) is 2.06. The predicted octanol–water partition coefficient (Wildman–Crippen LogP) is 1.30. The van der Waals surface area contributed by atoms with Crippen LogP contribution in [-0.4, -0.2) is 33.2 Å². The zero-order valence-corrected chi connectivity index (χ0v) is 11.2. The summed E-state index contributed by atoms with van der Waals surface area (Å²) >= 11 is 0. The average molecular weight is 274 g/mol. The Morgan fingerprint density at radius 3 is 2.75 bits per heavy atom. The molecule has 104 valence electrons. The number of aromatic nitrogens is 2. The van der Waals surface area contributed by atoms with Crippen LogP contribution in [0.15, 0.2) is 22.8 Å². The first kappa shape index (κ1) is 12.6. The molecule has 0 radical (unpaired) electrons. The Hall–Kier alpha value is -2.44. The molecule has 1 atom stereocenters. The normalized spacial score (nSPS) is 19.1. The average Bonchev–Trinajstić information content (AvgIpc) is 2.97. The highest BCUT2D eigenvalue weighted by atomic mass is 16.6. The number of amides is 3. The number of carbonyl (C=O) groups is 2. The second-order valence-electron chi connectivity index (χ2n) is 5.18. The van der Waals surface area contributed by atoms with Crippen molar-refractivity contribution in [1.29, 1.82) is 0 Å². The van der Waals surface area contributed by atoms with Crippen LogP contribution in [0.4, 0.5) is 4.79 Å². The summed E-state index contributed by atoms with van der Waals surface area (Å²) in [6, 6.07) is 4.51. The smallest absolute Gasteiger partial charge is 0.325 e. The largest absolute Gasteiger partial charge is 0.326 e. The molecule has 0 saturated carbocycles. The molecule has 0 unspecified atom stereocenters. The van der Waals surface area contributed by atoms with Gasteiger partial charge < -0.3 is 5.32 Å². The van der Waals surface area contributed by atoms with Crippen LogP contribution in [0.1, 0.15) is 19.4 Å². The van der Waals surface area contributed by atoms with Gasteiger partial charge >= 0.3 is 6.03 Å². The van der Waals surface area contributed by atoms with Gasteiger partial charge in [-0.05, 0) is 33.9 Å². The number of imide groups is 1.